The van der Waals surface area contributed by atoms with E-state index in [-0.39, 0.29) is 12.0 Å². The van der Waals surface area contributed by atoms with Crippen LogP contribution in [0.2, 0.25) is 0 Å². The molecule has 0 aliphatic carbocycles. The van der Waals surface area contributed by atoms with Crippen LogP contribution in [0, 0.1) is 0 Å². The fraction of sp³-hybridized carbons (Fsp3) is 0.611. The highest BCUT2D eigenvalue weighted by Crippen LogP contribution is 2.49. The first kappa shape index (κ1) is 22.2. The van der Waals surface area contributed by atoms with Crippen molar-refractivity contribution >= 4 is 37.4 Å². The number of hydrogen-bond donors (Lipinski definition) is 1. The van der Waals surface area contributed by atoms with Gasteiger partial charge in [-0.15, -0.1) is 11.8 Å². The normalized spacial score (nSPS) is 17.9. The van der Waals surface area contributed by atoms with Gasteiger partial charge in [-0.25, -0.2) is 16.8 Å². The molecular weight excluding hydrogens is 408 g/mol. The summed E-state index contributed by atoms with van der Waals surface area (Å²) in [7, 11) is -7.98. The molecule has 27 heavy (non-hydrogen) atoms. The number of sulfone groups is 2. The number of rotatable bonds is 8. The maximum Gasteiger partial charge on any atom is 0.310 e. The van der Waals surface area contributed by atoms with E-state index in [1.807, 2.05) is 6.92 Å². The Morgan fingerprint density at radius 3 is 2.33 bits per heavy atom. The lowest BCUT2D eigenvalue weighted by molar-refractivity contribution is -0.139. The van der Waals surface area contributed by atoms with Gasteiger partial charge in [0.1, 0.15) is 0 Å². The molecule has 1 aromatic carbocycles. The first-order valence-corrected chi connectivity index (χ1v) is 13.6. The number of thioether (sulfide) groups is 1. The predicted octanol–water partition coefficient (Wildman–Crippen LogP) is 3.17. The first-order chi connectivity index (χ1) is 12.5. The summed E-state index contributed by atoms with van der Waals surface area (Å²) >= 11 is 1.40. The fourth-order valence-corrected chi connectivity index (χ4v) is 9.55. The summed E-state index contributed by atoms with van der Waals surface area (Å²) in [6.07, 6.45) is 4.87. The van der Waals surface area contributed by atoms with Crippen LogP contribution in [0.5, 0.6) is 0 Å². The third-order valence-electron chi connectivity index (χ3n) is 5.10. The van der Waals surface area contributed by atoms with E-state index >= 15 is 0 Å². The van der Waals surface area contributed by atoms with E-state index < -0.39 is 35.6 Å². The predicted molar refractivity (Wildman–Crippen MR) is 108 cm³/mol. The van der Waals surface area contributed by atoms with Crippen LogP contribution in [0.3, 0.4) is 0 Å². The molecule has 1 unspecified atom stereocenters. The van der Waals surface area contributed by atoms with E-state index in [0.717, 1.165) is 31.8 Å². The van der Waals surface area contributed by atoms with Crippen molar-refractivity contribution in [2.45, 2.75) is 53.9 Å². The average molecular weight is 435 g/mol. The largest absolute Gasteiger partial charge is 0.481 e. The molecule has 0 saturated heterocycles. The third-order valence-corrected chi connectivity index (χ3v) is 11.2. The number of hydrogen-bond acceptors (Lipinski definition) is 6. The van der Waals surface area contributed by atoms with Crippen LogP contribution in [-0.4, -0.2) is 46.2 Å². The van der Waals surface area contributed by atoms with Gasteiger partial charge in [-0.05, 0) is 24.5 Å². The minimum Gasteiger partial charge on any atom is -0.481 e. The molecule has 1 aliphatic heterocycles. The third kappa shape index (κ3) is 4.19. The Hall–Kier alpha value is -1.06. The van der Waals surface area contributed by atoms with Crippen molar-refractivity contribution in [2.75, 3.05) is 18.3 Å². The lowest BCUT2D eigenvalue weighted by Gasteiger charge is -2.36. The number of unbranched alkanes of at least 4 members (excludes halogenated alkanes) is 2. The van der Waals surface area contributed by atoms with Crippen molar-refractivity contribution in [3.63, 3.8) is 0 Å². The Morgan fingerprint density at radius 1 is 1.19 bits per heavy atom. The standard InChI is InChI=1S/C18H26O6S3/c1-4-5-6-7-14(17(19)20)13-8-9-16-15(12-13)18(10-11-25-16,26(2,21)22)27(3,23)24/h8-9,12,14H,4-7,10-11H2,1-3H3,(H,19,20). The maximum atomic E-state index is 12.6. The molecule has 2 rings (SSSR count). The molecule has 9 heteroatoms. The SMILES string of the molecule is CCCCCC(C(=O)O)c1ccc2c(c1)C(S(C)(=O)=O)(S(C)(=O)=O)CCS2. The van der Waals surface area contributed by atoms with Crippen molar-refractivity contribution in [1.82, 2.24) is 0 Å². The van der Waals surface area contributed by atoms with Gasteiger partial charge in [0.05, 0.1) is 5.92 Å². The minimum absolute atomic E-state index is 0.0423. The number of carboxylic acid groups (broad SMARTS) is 1. The van der Waals surface area contributed by atoms with Gasteiger partial charge in [0.2, 0.25) is 0 Å². The Balaban J connectivity index is 2.66. The minimum atomic E-state index is -3.99. The molecule has 6 nitrogen and oxygen atoms in total. The van der Waals surface area contributed by atoms with E-state index in [0.29, 0.717) is 22.6 Å². The molecule has 0 aromatic heterocycles. The zero-order chi connectivity index (χ0) is 20.5. The highest BCUT2D eigenvalue weighted by molar-refractivity contribution is 8.09. The Labute approximate surface area is 165 Å². The smallest absolute Gasteiger partial charge is 0.310 e. The molecule has 1 aromatic rings. The second-order valence-corrected chi connectivity index (χ2v) is 12.9. The number of aliphatic carboxylic acids is 1. The van der Waals surface area contributed by atoms with E-state index in [1.165, 1.54) is 17.8 Å². The van der Waals surface area contributed by atoms with Crippen molar-refractivity contribution in [1.29, 1.82) is 0 Å². The van der Waals surface area contributed by atoms with Crippen molar-refractivity contribution < 1.29 is 26.7 Å². The monoisotopic (exact) mass is 434 g/mol. The van der Waals surface area contributed by atoms with Crippen molar-refractivity contribution in [3.8, 4) is 0 Å². The molecule has 0 fully saturated rings. The number of carbonyl (C=O) groups is 1. The number of fused-ring (bicyclic) bond motifs is 1. The molecule has 0 spiro atoms. The summed E-state index contributed by atoms with van der Waals surface area (Å²) in [5.41, 5.74) is 0.652. The average Bonchev–Trinajstić information content (AvgIpc) is 2.55. The Morgan fingerprint density at radius 2 is 1.81 bits per heavy atom. The van der Waals surface area contributed by atoms with Gasteiger partial charge in [-0.1, -0.05) is 38.3 Å². The molecular formula is C18H26O6S3. The van der Waals surface area contributed by atoms with Crippen LogP contribution in [0.25, 0.3) is 0 Å². The van der Waals surface area contributed by atoms with Crippen molar-refractivity contribution in [3.05, 3.63) is 29.3 Å². The second kappa shape index (κ2) is 8.13. The summed E-state index contributed by atoms with van der Waals surface area (Å²) in [5.74, 6) is -1.41. The van der Waals surface area contributed by atoms with E-state index in [9.17, 15) is 26.7 Å². The van der Waals surface area contributed by atoms with Crippen LogP contribution in [-0.2, 0) is 28.5 Å². The number of carboxylic acids is 1. The molecule has 1 heterocycles. The van der Waals surface area contributed by atoms with Gasteiger partial charge in [0, 0.05) is 28.7 Å². The lowest BCUT2D eigenvalue weighted by atomic mass is 9.91. The zero-order valence-electron chi connectivity index (χ0n) is 15.8. The molecule has 1 N–H and O–H groups in total. The topological polar surface area (TPSA) is 106 Å². The summed E-state index contributed by atoms with van der Waals surface area (Å²) in [6.45, 7) is 2.03. The van der Waals surface area contributed by atoms with Gasteiger partial charge in [0.25, 0.3) is 0 Å². The van der Waals surface area contributed by atoms with E-state index in [2.05, 4.69) is 0 Å². The van der Waals surface area contributed by atoms with Crippen LogP contribution < -0.4 is 0 Å². The summed E-state index contributed by atoms with van der Waals surface area (Å²) < 4.78 is 48.5. The van der Waals surface area contributed by atoms with Gasteiger partial charge in [-0.3, -0.25) is 4.79 Å². The van der Waals surface area contributed by atoms with Crippen molar-refractivity contribution in [2.24, 2.45) is 0 Å². The van der Waals surface area contributed by atoms with E-state index in [4.69, 9.17) is 0 Å². The quantitative estimate of drug-likeness (QED) is 0.626. The number of benzene rings is 1. The summed E-state index contributed by atoms with van der Waals surface area (Å²) in [5, 5.41) is 9.64. The lowest BCUT2D eigenvalue weighted by Crippen LogP contribution is -2.45. The summed E-state index contributed by atoms with van der Waals surface area (Å²) in [4.78, 5) is 12.4. The first-order valence-electron chi connectivity index (χ1n) is 8.85. The molecule has 0 bridgehead atoms. The maximum absolute atomic E-state index is 12.6. The van der Waals surface area contributed by atoms with Gasteiger partial charge < -0.3 is 5.11 Å². The van der Waals surface area contributed by atoms with Gasteiger partial charge >= 0.3 is 5.97 Å². The Bertz CT molecular complexity index is 886. The van der Waals surface area contributed by atoms with Crippen LogP contribution >= 0.6 is 11.8 Å². The molecule has 0 saturated carbocycles. The molecule has 1 atom stereocenters. The van der Waals surface area contributed by atoms with Crippen LogP contribution in [0.4, 0.5) is 0 Å². The van der Waals surface area contributed by atoms with E-state index in [1.54, 1.807) is 12.1 Å². The van der Waals surface area contributed by atoms with Crippen LogP contribution in [0.1, 0.15) is 56.1 Å². The van der Waals surface area contributed by atoms with Crippen LogP contribution in [0.15, 0.2) is 23.1 Å². The highest BCUT2D eigenvalue weighted by Gasteiger charge is 2.54. The molecule has 0 amide bonds. The second-order valence-electron chi connectivity index (χ2n) is 7.04. The zero-order valence-corrected chi connectivity index (χ0v) is 18.2. The van der Waals surface area contributed by atoms with Gasteiger partial charge in [-0.2, -0.15) is 0 Å². The molecule has 152 valence electrons. The van der Waals surface area contributed by atoms with Gasteiger partial charge in [0.15, 0.2) is 23.8 Å². The molecule has 0 radical (unpaired) electrons. The Kier molecular flexibility index (Phi) is 6.69. The molecule has 1 aliphatic rings. The fourth-order valence-electron chi connectivity index (χ4n) is 3.69. The summed E-state index contributed by atoms with van der Waals surface area (Å²) in [6, 6.07) is 4.83. The highest BCUT2D eigenvalue weighted by atomic mass is 32.3.